The summed E-state index contributed by atoms with van der Waals surface area (Å²) >= 11 is 3.31. The number of halogens is 1. The van der Waals surface area contributed by atoms with Crippen molar-refractivity contribution in [3.05, 3.63) is 22.7 Å². The van der Waals surface area contributed by atoms with Gasteiger partial charge < -0.3 is 9.84 Å². The van der Waals surface area contributed by atoms with E-state index in [9.17, 15) is 13.5 Å². The van der Waals surface area contributed by atoms with E-state index in [0.717, 1.165) is 25.7 Å². The molecule has 0 unspecified atom stereocenters. The zero-order valence-corrected chi connectivity index (χ0v) is 14.4. The maximum Gasteiger partial charge on any atom is 0.243 e. The zero-order valence-electron chi connectivity index (χ0n) is 12.0. The van der Waals surface area contributed by atoms with E-state index in [1.807, 2.05) is 0 Å². The summed E-state index contributed by atoms with van der Waals surface area (Å²) in [5.74, 6) is 0.587. The quantitative estimate of drug-likeness (QED) is 0.826. The van der Waals surface area contributed by atoms with Crippen molar-refractivity contribution in [3.8, 4) is 5.75 Å². The standard InChI is InChI=1S/C14H20BrNO4S/c1-20-14-7-6-12(10-13(14)15)21(18,19)16(8-9-17)11-4-2-3-5-11/h6-7,10-11,17H,2-5,8-9H2,1H3. The first kappa shape index (κ1) is 16.7. The van der Waals surface area contributed by atoms with Crippen molar-refractivity contribution < 1.29 is 18.3 Å². The molecular formula is C14H20BrNO4S. The molecule has 0 aliphatic heterocycles. The summed E-state index contributed by atoms with van der Waals surface area (Å²) < 4.78 is 32.8. The number of benzene rings is 1. The van der Waals surface area contributed by atoms with Gasteiger partial charge in [-0.05, 0) is 47.0 Å². The Morgan fingerprint density at radius 1 is 1.38 bits per heavy atom. The molecule has 2 rings (SSSR count). The molecule has 1 fully saturated rings. The smallest absolute Gasteiger partial charge is 0.243 e. The molecule has 1 saturated carbocycles. The third-order valence-electron chi connectivity index (χ3n) is 3.78. The third kappa shape index (κ3) is 3.59. The van der Waals surface area contributed by atoms with E-state index in [1.54, 1.807) is 12.1 Å². The van der Waals surface area contributed by atoms with Crippen LogP contribution < -0.4 is 4.74 Å². The van der Waals surface area contributed by atoms with Gasteiger partial charge >= 0.3 is 0 Å². The van der Waals surface area contributed by atoms with Crippen LogP contribution in [0.4, 0.5) is 0 Å². The molecule has 1 N–H and O–H groups in total. The second-order valence-electron chi connectivity index (χ2n) is 5.07. The maximum absolute atomic E-state index is 12.8. The lowest BCUT2D eigenvalue weighted by Gasteiger charge is -2.27. The Bertz CT molecular complexity index is 585. The molecule has 1 aliphatic rings. The summed E-state index contributed by atoms with van der Waals surface area (Å²) in [6, 6.07) is 4.71. The molecule has 118 valence electrons. The molecule has 1 aliphatic carbocycles. The molecule has 1 aromatic carbocycles. The van der Waals surface area contributed by atoms with Crippen molar-refractivity contribution in [2.45, 2.75) is 36.6 Å². The summed E-state index contributed by atoms with van der Waals surface area (Å²) in [6.45, 7) is -0.0380. The van der Waals surface area contributed by atoms with Gasteiger partial charge in [-0.3, -0.25) is 0 Å². The lowest BCUT2D eigenvalue weighted by atomic mass is 10.2. The molecule has 0 spiro atoms. The van der Waals surface area contributed by atoms with Gasteiger partial charge in [0.15, 0.2) is 0 Å². The average Bonchev–Trinajstić information content (AvgIpc) is 2.98. The number of methoxy groups -OCH3 is 1. The van der Waals surface area contributed by atoms with E-state index >= 15 is 0 Å². The highest BCUT2D eigenvalue weighted by Crippen LogP contribution is 2.32. The van der Waals surface area contributed by atoms with E-state index in [0.29, 0.717) is 10.2 Å². The molecule has 21 heavy (non-hydrogen) atoms. The first-order chi connectivity index (χ1) is 10.0. The number of aliphatic hydroxyl groups is 1. The predicted octanol–water partition coefficient (Wildman–Crippen LogP) is 2.38. The Balaban J connectivity index is 2.35. The monoisotopic (exact) mass is 377 g/mol. The lowest BCUT2D eigenvalue weighted by Crippen LogP contribution is -2.40. The van der Waals surface area contributed by atoms with Gasteiger partial charge in [0.1, 0.15) is 5.75 Å². The molecule has 7 heteroatoms. The van der Waals surface area contributed by atoms with Gasteiger partial charge in [0.2, 0.25) is 10.0 Å². The average molecular weight is 378 g/mol. The second kappa shape index (κ2) is 7.09. The fraction of sp³-hybridized carbons (Fsp3) is 0.571. The molecule has 0 heterocycles. The zero-order chi connectivity index (χ0) is 15.5. The number of ether oxygens (including phenoxy) is 1. The molecule has 0 amide bonds. The van der Waals surface area contributed by atoms with Crippen molar-refractivity contribution in [1.29, 1.82) is 0 Å². The van der Waals surface area contributed by atoms with Crippen LogP contribution in [0, 0.1) is 0 Å². The summed E-state index contributed by atoms with van der Waals surface area (Å²) in [5, 5.41) is 9.21. The summed E-state index contributed by atoms with van der Waals surface area (Å²) in [7, 11) is -2.07. The molecular weight excluding hydrogens is 358 g/mol. The van der Waals surface area contributed by atoms with Crippen LogP contribution in [0.25, 0.3) is 0 Å². The Labute approximate surface area is 134 Å². The molecule has 0 aromatic heterocycles. The van der Waals surface area contributed by atoms with E-state index in [-0.39, 0.29) is 24.1 Å². The Hall–Kier alpha value is -0.630. The van der Waals surface area contributed by atoms with Gasteiger partial charge in [0.25, 0.3) is 0 Å². The number of rotatable bonds is 6. The van der Waals surface area contributed by atoms with Crippen molar-refractivity contribution >= 4 is 26.0 Å². The van der Waals surface area contributed by atoms with Gasteiger partial charge in [-0.1, -0.05) is 12.8 Å². The summed E-state index contributed by atoms with van der Waals surface area (Å²) in [4.78, 5) is 0.218. The Morgan fingerprint density at radius 2 is 2.05 bits per heavy atom. The minimum absolute atomic E-state index is 0.0111. The van der Waals surface area contributed by atoms with Gasteiger partial charge in [0, 0.05) is 12.6 Å². The van der Waals surface area contributed by atoms with Crippen LogP contribution in [-0.2, 0) is 10.0 Å². The number of hydrogen-bond acceptors (Lipinski definition) is 4. The van der Waals surface area contributed by atoms with Crippen molar-refractivity contribution in [1.82, 2.24) is 4.31 Å². The first-order valence-electron chi connectivity index (χ1n) is 6.97. The SMILES string of the molecule is COc1ccc(S(=O)(=O)N(CCO)C2CCCC2)cc1Br. The maximum atomic E-state index is 12.8. The fourth-order valence-corrected chi connectivity index (χ4v) is 5.13. The number of aliphatic hydroxyl groups excluding tert-OH is 1. The minimum atomic E-state index is -3.61. The third-order valence-corrected chi connectivity index (χ3v) is 6.35. The molecule has 0 bridgehead atoms. The van der Waals surface area contributed by atoms with Crippen LogP contribution in [0.3, 0.4) is 0 Å². The van der Waals surface area contributed by atoms with Gasteiger partial charge in [-0.2, -0.15) is 4.31 Å². The predicted molar refractivity (Wildman–Crippen MR) is 83.9 cm³/mol. The molecule has 0 atom stereocenters. The Kier molecular flexibility index (Phi) is 5.65. The van der Waals surface area contributed by atoms with E-state index in [1.165, 1.54) is 17.5 Å². The highest BCUT2D eigenvalue weighted by molar-refractivity contribution is 9.10. The molecule has 1 aromatic rings. The molecule has 5 nitrogen and oxygen atoms in total. The molecule has 0 saturated heterocycles. The van der Waals surface area contributed by atoms with Crippen molar-refractivity contribution in [2.75, 3.05) is 20.3 Å². The largest absolute Gasteiger partial charge is 0.496 e. The highest BCUT2D eigenvalue weighted by Gasteiger charge is 2.33. The first-order valence-corrected chi connectivity index (χ1v) is 9.20. The summed E-state index contributed by atoms with van der Waals surface area (Å²) in [6.07, 6.45) is 3.79. The van der Waals surface area contributed by atoms with Gasteiger partial charge in [-0.15, -0.1) is 0 Å². The molecule has 0 radical (unpaired) electrons. The van der Waals surface area contributed by atoms with Crippen LogP contribution in [-0.4, -0.2) is 44.1 Å². The van der Waals surface area contributed by atoms with Crippen molar-refractivity contribution in [3.63, 3.8) is 0 Å². The normalized spacial score (nSPS) is 16.6. The van der Waals surface area contributed by atoms with Gasteiger partial charge in [-0.25, -0.2) is 8.42 Å². The lowest BCUT2D eigenvalue weighted by molar-refractivity contribution is 0.226. The summed E-state index contributed by atoms with van der Waals surface area (Å²) in [5.41, 5.74) is 0. The minimum Gasteiger partial charge on any atom is -0.496 e. The van der Waals surface area contributed by atoms with E-state index in [4.69, 9.17) is 4.74 Å². The van der Waals surface area contributed by atoms with Crippen LogP contribution in [0.2, 0.25) is 0 Å². The van der Waals surface area contributed by atoms with Gasteiger partial charge in [0.05, 0.1) is 23.1 Å². The van der Waals surface area contributed by atoms with Crippen LogP contribution >= 0.6 is 15.9 Å². The van der Waals surface area contributed by atoms with Crippen LogP contribution in [0.1, 0.15) is 25.7 Å². The van der Waals surface area contributed by atoms with Crippen LogP contribution in [0.5, 0.6) is 5.75 Å². The fourth-order valence-electron chi connectivity index (χ4n) is 2.73. The second-order valence-corrected chi connectivity index (χ2v) is 7.82. The Morgan fingerprint density at radius 3 is 2.57 bits per heavy atom. The van der Waals surface area contributed by atoms with E-state index in [2.05, 4.69) is 15.9 Å². The number of hydrogen-bond donors (Lipinski definition) is 1. The number of nitrogens with zero attached hydrogens (tertiary/aromatic N) is 1. The number of sulfonamides is 1. The highest BCUT2D eigenvalue weighted by atomic mass is 79.9. The van der Waals surface area contributed by atoms with Crippen molar-refractivity contribution in [2.24, 2.45) is 0 Å². The van der Waals surface area contributed by atoms with E-state index < -0.39 is 10.0 Å². The topological polar surface area (TPSA) is 66.8 Å². The van der Waals surface area contributed by atoms with Crippen LogP contribution in [0.15, 0.2) is 27.6 Å².